The molecule has 1 aliphatic heterocycles. The Labute approximate surface area is 146 Å². The lowest BCUT2D eigenvalue weighted by Gasteiger charge is -2.30. The van der Waals surface area contributed by atoms with Gasteiger partial charge in [0.05, 0.1) is 0 Å². The molecule has 24 heavy (non-hydrogen) atoms. The van der Waals surface area contributed by atoms with Crippen molar-refractivity contribution in [3.63, 3.8) is 0 Å². The second-order valence-electron chi connectivity index (χ2n) is 6.65. The average Bonchev–Trinajstić information content (AvgIpc) is 2.82. The fraction of sp³-hybridized carbons (Fsp3) is 0.421. The van der Waals surface area contributed by atoms with Gasteiger partial charge in [-0.05, 0) is 67.9 Å². The number of rotatable bonds is 1. The molecule has 2 heterocycles. The maximum absolute atomic E-state index is 13.2. The summed E-state index contributed by atoms with van der Waals surface area (Å²) in [6, 6.07) is 5.89. The third-order valence-electron chi connectivity index (χ3n) is 5.10. The molecule has 0 radical (unpaired) electrons. The second-order valence-corrected chi connectivity index (χ2v) is 7.09. The first-order chi connectivity index (χ1) is 11.7. The van der Waals surface area contributed by atoms with E-state index in [1.807, 2.05) is 29.3 Å². The van der Waals surface area contributed by atoms with E-state index < -0.39 is 0 Å². The van der Waals surface area contributed by atoms with E-state index in [1.165, 1.54) is 5.56 Å². The number of carbonyl (C=O) groups is 1. The largest absolute Gasteiger partial charge is 0.312 e. The number of fused-ring (bicyclic) bond motifs is 2. The van der Waals surface area contributed by atoms with E-state index in [0.717, 1.165) is 67.0 Å². The Balaban J connectivity index is 1.61. The topological polar surface area (TPSA) is 46.1 Å². The van der Waals surface area contributed by atoms with Crippen LogP contribution in [0.15, 0.2) is 30.7 Å². The molecule has 5 heteroatoms. The van der Waals surface area contributed by atoms with Crippen molar-refractivity contribution >= 4 is 23.2 Å². The second kappa shape index (κ2) is 6.52. The van der Waals surface area contributed by atoms with Crippen LogP contribution in [0.2, 0.25) is 5.02 Å². The first-order valence-corrected chi connectivity index (χ1v) is 8.98. The summed E-state index contributed by atoms with van der Waals surface area (Å²) in [5.41, 5.74) is 4.44. The molecule has 1 unspecified atom stereocenters. The summed E-state index contributed by atoms with van der Waals surface area (Å²) >= 11 is 6.14. The van der Waals surface area contributed by atoms with Gasteiger partial charge < -0.3 is 4.90 Å². The third kappa shape index (κ3) is 2.91. The molecule has 0 fully saturated rings. The van der Waals surface area contributed by atoms with E-state index in [1.54, 1.807) is 6.33 Å². The normalized spacial score (nSPS) is 20.0. The Hall–Kier alpha value is -1.94. The zero-order valence-electron chi connectivity index (χ0n) is 13.5. The quantitative estimate of drug-likeness (QED) is 0.796. The zero-order valence-corrected chi connectivity index (χ0v) is 14.3. The number of nitrogens with zero attached hydrogens (tertiary/aromatic N) is 3. The number of halogens is 1. The number of hydrogen-bond donors (Lipinski definition) is 0. The molecule has 2 aliphatic rings. The van der Waals surface area contributed by atoms with Crippen LogP contribution in [0.5, 0.6) is 0 Å². The molecule has 0 N–H and O–H groups in total. The minimum atomic E-state index is 0.0186. The molecule has 2 aromatic rings. The van der Waals surface area contributed by atoms with Crippen molar-refractivity contribution in [3.8, 4) is 0 Å². The van der Waals surface area contributed by atoms with Crippen LogP contribution >= 0.6 is 11.6 Å². The van der Waals surface area contributed by atoms with Gasteiger partial charge >= 0.3 is 0 Å². The monoisotopic (exact) mass is 341 g/mol. The van der Waals surface area contributed by atoms with Gasteiger partial charge in [-0.25, -0.2) is 9.97 Å². The number of aromatic nitrogens is 2. The smallest absolute Gasteiger partial charge is 0.230 e. The molecule has 1 aromatic heterocycles. The van der Waals surface area contributed by atoms with Gasteiger partial charge in [0.2, 0.25) is 5.91 Å². The molecule has 1 aliphatic carbocycles. The summed E-state index contributed by atoms with van der Waals surface area (Å²) in [6.45, 7) is 0.794. The summed E-state index contributed by atoms with van der Waals surface area (Å²) in [5, 5.41) is 0.742. The van der Waals surface area contributed by atoms with Gasteiger partial charge in [-0.2, -0.15) is 0 Å². The molecule has 0 saturated carbocycles. The lowest BCUT2D eigenvalue weighted by Crippen LogP contribution is -2.39. The van der Waals surface area contributed by atoms with E-state index in [4.69, 9.17) is 11.6 Å². The summed E-state index contributed by atoms with van der Waals surface area (Å²) in [4.78, 5) is 23.6. The highest BCUT2D eigenvalue weighted by atomic mass is 35.5. The van der Waals surface area contributed by atoms with Gasteiger partial charge in [0, 0.05) is 35.1 Å². The first-order valence-electron chi connectivity index (χ1n) is 8.60. The SMILES string of the molecule is O=C(C1CCc2ncncc2C1)N1CCCCc2cc(Cl)ccc21. The van der Waals surface area contributed by atoms with Crippen LogP contribution < -0.4 is 4.90 Å². The van der Waals surface area contributed by atoms with Crippen molar-refractivity contribution in [3.05, 3.63) is 52.6 Å². The molecule has 0 bridgehead atoms. The lowest BCUT2D eigenvalue weighted by molar-refractivity contribution is -0.122. The molecule has 4 nitrogen and oxygen atoms in total. The van der Waals surface area contributed by atoms with Gasteiger partial charge in [0.25, 0.3) is 0 Å². The summed E-state index contributed by atoms with van der Waals surface area (Å²) in [6.07, 6.45) is 9.03. The number of amides is 1. The zero-order chi connectivity index (χ0) is 16.5. The summed E-state index contributed by atoms with van der Waals surface area (Å²) in [7, 11) is 0. The van der Waals surface area contributed by atoms with Crippen LogP contribution in [0.25, 0.3) is 0 Å². The highest BCUT2D eigenvalue weighted by Gasteiger charge is 2.31. The molecule has 0 saturated heterocycles. The van der Waals surface area contributed by atoms with Gasteiger partial charge in [-0.1, -0.05) is 11.6 Å². The van der Waals surface area contributed by atoms with Crippen LogP contribution in [0, 0.1) is 5.92 Å². The molecule has 4 rings (SSSR count). The number of hydrogen-bond acceptors (Lipinski definition) is 3. The Morgan fingerprint density at radius 2 is 2.12 bits per heavy atom. The molecule has 0 spiro atoms. The van der Waals surface area contributed by atoms with Gasteiger partial charge in [-0.15, -0.1) is 0 Å². The Kier molecular flexibility index (Phi) is 4.23. The van der Waals surface area contributed by atoms with Crippen molar-refractivity contribution in [2.45, 2.75) is 38.5 Å². The Morgan fingerprint density at radius 3 is 3.04 bits per heavy atom. The third-order valence-corrected chi connectivity index (χ3v) is 5.34. The maximum atomic E-state index is 13.2. The van der Waals surface area contributed by atoms with E-state index in [9.17, 15) is 4.79 Å². The van der Waals surface area contributed by atoms with Crippen molar-refractivity contribution < 1.29 is 4.79 Å². The molecule has 1 amide bonds. The Morgan fingerprint density at radius 1 is 1.21 bits per heavy atom. The van der Waals surface area contributed by atoms with Crippen molar-refractivity contribution in [1.82, 2.24) is 9.97 Å². The highest BCUT2D eigenvalue weighted by molar-refractivity contribution is 6.30. The summed E-state index contributed by atoms with van der Waals surface area (Å²) < 4.78 is 0. The predicted molar refractivity (Wildman–Crippen MR) is 94.3 cm³/mol. The number of anilines is 1. The molecule has 1 aromatic carbocycles. The minimum absolute atomic E-state index is 0.0186. The fourth-order valence-electron chi connectivity index (χ4n) is 3.84. The molecular weight excluding hydrogens is 322 g/mol. The predicted octanol–water partition coefficient (Wildman–Crippen LogP) is 3.60. The maximum Gasteiger partial charge on any atom is 0.230 e. The number of aryl methyl sites for hydroxylation is 2. The minimum Gasteiger partial charge on any atom is -0.312 e. The van der Waals surface area contributed by atoms with E-state index in [2.05, 4.69) is 9.97 Å². The molecular formula is C19H20ClN3O. The standard InChI is InChI=1S/C19H20ClN3O/c20-16-5-7-18-13(10-16)3-1-2-8-23(18)19(24)14-4-6-17-15(9-14)11-21-12-22-17/h5,7,10-12,14H,1-4,6,8-9H2. The van der Waals surface area contributed by atoms with Crippen molar-refractivity contribution in [1.29, 1.82) is 0 Å². The fourth-order valence-corrected chi connectivity index (χ4v) is 4.04. The van der Waals surface area contributed by atoms with E-state index in [0.29, 0.717) is 0 Å². The Bertz CT molecular complexity index is 777. The lowest BCUT2D eigenvalue weighted by atomic mass is 9.86. The van der Waals surface area contributed by atoms with Crippen LogP contribution in [0.4, 0.5) is 5.69 Å². The van der Waals surface area contributed by atoms with Crippen LogP contribution in [0.1, 0.15) is 36.1 Å². The molecule has 124 valence electrons. The van der Waals surface area contributed by atoms with Crippen molar-refractivity contribution in [2.24, 2.45) is 5.92 Å². The van der Waals surface area contributed by atoms with Crippen LogP contribution in [-0.2, 0) is 24.1 Å². The van der Waals surface area contributed by atoms with E-state index >= 15 is 0 Å². The van der Waals surface area contributed by atoms with Crippen molar-refractivity contribution in [2.75, 3.05) is 11.4 Å². The highest BCUT2D eigenvalue weighted by Crippen LogP contribution is 2.32. The molecule has 1 atom stereocenters. The first kappa shape index (κ1) is 15.6. The van der Waals surface area contributed by atoms with E-state index in [-0.39, 0.29) is 11.8 Å². The van der Waals surface area contributed by atoms with Gasteiger partial charge in [0.15, 0.2) is 0 Å². The van der Waals surface area contributed by atoms with Crippen LogP contribution in [0.3, 0.4) is 0 Å². The average molecular weight is 342 g/mol. The number of carbonyl (C=O) groups excluding carboxylic acids is 1. The summed E-state index contributed by atoms with van der Waals surface area (Å²) in [5.74, 6) is 0.250. The number of benzene rings is 1. The van der Waals surface area contributed by atoms with Gasteiger partial charge in [-0.3, -0.25) is 4.79 Å². The van der Waals surface area contributed by atoms with Crippen LogP contribution in [-0.4, -0.2) is 22.4 Å². The van der Waals surface area contributed by atoms with Gasteiger partial charge in [0.1, 0.15) is 6.33 Å².